The van der Waals surface area contributed by atoms with Crippen LogP contribution in [0.25, 0.3) is 0 Å². The third-order valence-corrected chi connectivity index (χ3v) is 3.59. The predicted molar refractivity (Wildman–Crippen MR) is 82.5 cm³/mol. The van der Waals surface area contributed by atoms with E-state index in [1.54, 1.807) is 7.11 Å². The Kier molecular flexibility index (Phi) is 5.20. The average molecular weight is 292 g/mol. The van der Waals surface area contributed by atoms with Crippen LogP contribution in [0.5, 0.6) is 5.75 Å². The maximum Gasteiger partial charge on any atom is 0.262 e. The maximum absolute atomic E-state index is 11.3. The largest absolute Gasteiger partial charge is 0.482 e. The molecule has 5 heteroatoms. The van der Waals surface area contributed by atoms with Gasteiger partial charge in [-0.15, -0.1) is 0 Å². The lowest BCUT2D eigenvalue weighted by atomic mass is 9.89. The third kappa shape index (κ3) is 4.72. The van der Waals surface area contributed by atoms with E-state index >= 15 is 0 Å². The fourth-order valence-electron chi connectivity index (χ4n) is 2.25. The maximum atomic E-state index is 11.3. The Balaban J connectivity index is 1.86. The lowest BCUT2D eigenvalue weighted by Gasteiger charge is -2.25. The second kappa shape index (κ2) is 6.91. The Morgan fingerprint density at radius 1 is 1.43 bits per heavy atom. The number of benzene rings is 1. The molecule has 0 saturated carbocycles. The van der Waals surface area contributed by atoms with E-state index in [0.29, 0.717) is 0 Å². The van der Waals surface area contributed by atoms with Gasteiger partial charge < -0.3 is 20.1 Å². The molecule has 0 aromatic heterocycles. The normalized spacial score (nSPS) is 14.3. The molecule has 0 spiro atoms. The molecule has 2 N–H and O–H groups in total. The molecule has 0 radical (unpaired) electrons. The molecule has 21 heavy (non-hydrogen) atoms. The molecule has 0 saturated heterocycles. The van der Waals surface area contributed by atoms with Crippen LogP contribution in [0.4, 0.5) is 5.69 Å². The zero-order valence-corrected chi connectivity index (χ0v) is 13.0. The van der Waals surface area contributed by atoms with Crippen molar-refractivity contribution >= 4 is 11.6 Å². The van der Waals surface area contributed by atoms with Crippen molar-refractivity contribution in [2.45, 2.75) is 26.8 Å². The van der Waals surface area contributed by atoms with E-state index in [1.165, 1.54) is 0 Å². The molecule has 2 rings (SSSR count). The van der Waals surface area contributed by atoms with Crippen molar-refractivity contribution in [3.63, 3.8) is 0 Å². The molecule has 0 aliphatic carbocycles. The molecule has 0 fully saturated rings. The standard InChI is InChI=1S/C16H24N2O3/c1-16(2,6-7-20-3)11-17-9-12-4-5-14-13(8-12)18-15(19)10-21-14/h4-5,8,17H,6-7,9-11H2,1-3H3,(H,18,19). The topological polar surface area (TPSA) is 59.6 Å². The van der Waals surface area contributed by atoms with E-state index in [2.05, 4.69) is 24.5 Å². The number of hydrogen-bond acceptors (Lipinski definition) is 4. The van der Waals surface area contributed by atoms with Gasteiger partial charge in [0.1, 0.15) is 5.75 Å². The van der Waals surface area contributed by atoms with Gasteiger partial charge in [0, 0.05) is 26.8 Å². The molecule has 0 bridgehead atoms. The van der Waals surface area contributed by atoms with Crippen LogP contribution in [0.15, 0.2) is 18.2 Å². The number of carbonyl (C=O) groups excluding carboxylic acids is 1. The zero-order valence-electron chi connectivity index (χ0n) is 13.0. The minimum atomic E-state index is -0.103. The number of hydrogen-bond donors (Lipinski definition) is 2. The minimum Gasteiger partial charge on any atom is -0.482 e. The summed E-state index contributed by atoms with van der Waals surface area (Å²) in [6, 6.07) is 5.88. The molecule has 1 aliphatic heterocycles. The summed E-state index contributed by atoms with van der Waals surface area (Å²) in [7, 11) is 1.73. The van der Waals surface area contributed by atoms with Gasteiger partial charge in [-0.2, -0.15) is 0 Å². The van der Waals surface area contributed by atoms with Crippen LogP contribution < -0.4 is 15.4 Å². The highest BCUT2D eigenvalue weighted by Crippen LogP contribution is 2.28. The number of amides is 1. The van der Waals surface area contributed by atoms with E-state index in [-0.39, 0.29) is 17.9 Å². The first-order valence-electron chi connectivity index (χ1n) is 7.25. The molecular weight excluding hydrogens is 268 g/mol. The van der Waals surface area contributed by atoms with Gasteiger partial charge in [0.05, 0.1) is 5.69 Å². The molecule has 5 nitrogen and oxygen atoms in total. The highest BCUT2D eigenvalue weighted by Gasteiger charge is 2.18. The molecule has 1 aromatic rings. The Bertz CT molecular complexity index is 500. The molecule has 0 unspecified atom stereocenters. The first kappa shape index (κ1) is 15.8. The van der Waals surface area contributed by atoms with Gasteiger partial charge in [-0.1, -0.05) is 19.9 Å². The van der Waals surface area contributed by atoms with Crippen LogP contribution >= 0.6 is 0 Å². The summed E-state index contributed by atoms with van der Waals surface area (Å²) < 4.78 is 10.5. The van der Waals surface area contributed by atoms with Crippen molar-refractivity contribution in [2.75, 3.05) is 32.2 Å². The first-order valence-corrected chi connectivity index (χ1v) is 7.25. The quantitative estimate of drug-likeness (QED) is 0.808. The van der Waals surface area contributed by atoms with Crippen molar-refractivity contribution < 1.29 is 14.3 Å². The van der Waals surface area contributed by atoms with Crippen LogP contribution in [0.2, 0.25) is 0 Å². The highest BCUT2D eigenvalue weighted by atomic mass is 16.5. The van der Waals surface area contributed by atoms with Gasteiger partial charge in [0.2, 0.25) is 0 Å². The average Bonchev–Trinajstić information content (AvgIpc) is 2.44. The number of methoxy groups -OCH3 is 1. The highest BCUT2D eigenvalue weighted by molar-refractivity contribution is 5.95. The van der Waals surface area contributed by atoms with E-state index in [1.807, 2.05) is 18.2 Å². The molecule has 1 aliphatic rings. The fraction of sp³-hybridized carbons (Fsp3) is 0.562. The number of anilines is 1. The second-order valence-corrected chi connectivity index (χ2v) is 6.18. The van der Waals surface area contributed by atoms with Crippen LogP contribution in [0.1, 0.15) is 25.8 Å². The Labute approximate surface area is 126 Å². The summed E-state index contributed by atoms with van der Waals surface area (Å²) in [6.45, 7) is 6.99. The van der Waals surface area contributed by atoms with Crippen molar-refractivity contribution in [3.8, 4) is 5.75 Å². The summed E-state index contributed by atoms with van der Waals surface area (Å²) in [5, 5.41) is 6.29. The van der Waals surface area contributed by atoms with Gasteiger partial charge in [-0.05, 0) is 29.5 Å². The van der Waals surface area contributed by atoms with Crippen molar-refractivity contribution in [1.29, 1.82) is 0 Å². The molecule has 1 amide bonds. The number of carbonyl (C=O) groups is 1. The summed E-state index contributed by atoms with van der Waals surface area (Å²) in [5.41, 5.74) is 2.08. The minimum absolute atomic E-state index is 0.0955. The predicted octanol–water partition coefficient (Wildman–Crippen LogP) is 2.17. The lowest BCUT2D eigenvalue weighted by Crippen LogP contribution is -2.30. The molecule has 0 atom stereocenters. The van der Waals surface area contributed by atoms with E-state index in [9.17, 15) is 4.79 Å². The SMILES string of the molecule is COCCC(C)(C)CNCc1ccc2c(c1)NC(=O)CO2. The van der Waals surface area contributed by atoms with Crippen molar-refractivity contribution in [1.82, 2.24) is 5.32 Å². The number of ether oxygens (including phenoxy) is 2. The number of rotatable bonds is 7. The number of nitrogens with one attached hydrogen (secondary N) is 2. The van der Waals surface area contributed by atoms with Crippen LogP contribution in [-0.2, 0) is 16.1 Å². The fourth-order valence-corrected chi connectivity index (χ4v) is 2.25. The van der Waals surface area contributed by atoms with Gasteiger partial charge in [0.15, 0.2) is 6.61 Å². The Morgan fingerprint density at radius 3 is 3.00 bits per heavy atom. The second-order valence-electron chi connectivity index (χ2n) is 6.18. The van der Waals surface area contributed by atoms with Crippen LogP contribution in [0, 0.1) is 5.41 Å². The van der Waals surface area contributed by atoms with Crippen LogP contribution in [-0.4, -0.2) is 32.8 Å². The molecule has 1 heterocycles. The smallest absolute Gasteiger partial charge is 0.262 e. The Morgan fingerprint density at radius 2 is 2.24 bits per heavy atom. The van der Waals surface area contributed by atoms with Gasteiger partial charge in [0.25, 0.3) is 5.91 Å². The third-order valence-electron chi connectivity index (χ3n) is 3.59. The molecule has 116 valence electrons. The van der Waals surface area contributed by atoms with E-state index in [0.717, 1.165) is 43.1 Å². The summed E-state index contributed by atoms with van der Waals surface area (Å²) >= 11 is 0. The Hall–Kier alpha value is -1.59. The molecule has 1 aromatic carbocycles. The van der Waals surface area contributed by atoms with Crippen molar-refractivity contribution in [2.24, 2.45) is 5.41 Å². The van der Waals surface area contributed by atoms with E-state index < -0.39 is 0 Å². The van der Waals surface area contributed by atoms with Gasteiger partial charge in [-0.3, -0.25) is 4.79 Å². The van der Waals surface area contributed by atoms with Gasteiger partial charge in [-0.25, -0.2) is 0 Å². The van der Waals surface area contributed by atoms with Gasteiger partial charge >= 0.3 is 0 Å². The van der Waals surface area contributed by atoms with Crippen molar-refractivity contribution in [3.05, 3.63) is 23.8 Å². The summed E-state index contributed by atoms with van der Waals surface area (Å²) in [6.07, 6.45) is 1.02. The van der Waals surface area contributed by atoms with Crippen LogP contribution in [0.3, 0.4) is 0 Å². The monoisotopic (exact) mass is 292 g/mol. The summed E-state index contributed by atoms with van der Waals surface area (Å²) in [5.74, 6) is 0.632. The summed E-state index contributed by atoms with van der Waals surface area (Å²) in [4.78, 5) is 11.3. The lowest BCUT2D eigenvalue weighted by molar-refractivity contribution is -0.118. The first-order chi connectivity index (χ1) is 10.00. The molecular formula is C16H24N2O3. The number of fused-ring (bicyclic) bond motifs is 1. The van der Waals surface area contributed by atoms with E-state index in [4.69, 9.17) is 9.47 Å². The zero-order chi connectivity index (χ0) is 15.3.